The topological polar surface area (TPSA) is 61.8 Å². The van der Waals surface area contributed by atoms with Gasteiger partial charge in [0, 0.05) is 24.3 Å². The molecule has 1 N–H and O–H groups in total. The Morgan fingerprint density at radius 3 is 3.00 bits per heavy atom. The third-order valence-electron chi connectivity index (χ3n) is 6.58. The fourth-order valence-corrected chi connectivity index (χ4v) is 5.54. The molecule has 4 aliphatic rings. The Morgan fingerprint density at radius 1 is 1.39 bits per heavy atom. The second kappa shape index (κ2) is 4.09. The van der Waals surface area contributed by atoms with Crippen LogP contribution in [-0.4, -0.2) is 48.7 Å². The zero-order valence-electron chi connectivity index (χ0n) is 13.4. The van der Waals surface area contributed by atoms with Gasteiger partial charge in [-0.2, -0.15) is 0 Å². The number of ether oxygens (including phenoxy) is 2. The SMILES string of the molecule is COc1ccc2c3c1O[C@H]1[C@@H](O)C=C[C@H]4[C@@H](C2)[N@@+](C)([O-])CC[C@@]341. The Labute approximate surface area is 135 Å². The quantitative estimate of drug-likeness (QED) is 0.485. The summed E-state index contributed by atoms with van der Waals surface area (Å²) in [6.07, 6.45) is 4.43. The van der Waals surface area contributed by atoms with Gasteiger partial charge < -0.3 is 24.4 Å². The molecule has 122 valence electrons. The molecular formula is C18H21NO4. The van der Waals surface area contributed by atoms with Crippen molar-refractivity contribution in [2.75, 3.05) is 20.7 Å². The lowest BCUT2D eigenvalue weighted by Crippen LogP contribution is -2.69. The maximum absolute atomic E-state index is 13.0. The van der Waals surface area contributed by atoms with Crippen LogP contribution in [-0.2, 0) is 11.8 Å². The Kier molecular flexibility index (Phi) is 2.46. The van der Waals surface area contributed by atoms with Crippen LogP contribution in [0, 0.1) is 11.1 Å². The minimum Gasteiger partial charge on any atom is -0.633 e. The summed E-state index contributed by atoms with van der Waals surface area (Å²) in [6, 6.07) is 3.99. The van der Waals surface area contributed by atoms with Crippen molar-refractivity contribution in [2.45, 2.75) is 36.5 Å². The molecule has 23 heavy (non-hydrogen) atoms. The molecule has 2 aliphatic heterocycles. The highest BCUT2D eigenvalue weighted by molar-refractivity contribution is 5.61. The fraction of sp³-hybridized carbons (Fsp3) is 0.556. The Bertz CT molecular complexity index is 728. The van der Waals surface area contributed by atoms with Crippen molar-refractivity contribution in [1.29, 1.82) is 0 Å². The zero-order valence-corrected chi connectivity index (χ0v) is 13.4. The van der Waals surface area contributed by atoms with Gasteiger partial charge >= 0.3 is 0 Å². The van der Waals surface area contributed by atoms with Gasteiger partial charge in [-0.3, -0.25) is 0 Å². The largest absolute Gasteiger partial charge is 0.633 e. The van der Waals surface area contributed by atoms with E-state index in [0.29, 0.717) is 6.54 Å². The van der Waals surface area contributed by atoms with E-state index in [1.54, 1.807) is 14.2 Å². The van der Waals surface area contributed by atoms with E-state index in [2.05, 4.69) is 12.1 Å². The molecule has 1 aromatic rings. The number of hydrogen-bond donors (Lipinski definition) is 1. The van der Waals surface area contributed by atoms with Gasteiger partial charge in [0.1, 0.15) is 12.2 Å². The van der Waals surface area contributed by atoms with Crippen molar-refractivity contribution in [2.24, 2.45) is 5.92 Å². The molecule has 1 spiro atoms. The number of aliphatic hydroxyl groups is 1. The van der Waals surface area contributed by atoms with Crippen molar-refractivity contribution in [3.05, 3.63) is 40.6 Å². The second-order valence-electron chi connectivity index (χ2n) is 7.53. The normalized spacial score (nSPS) is 45.4. The molecule has 2 heterocycles. The number of methoxy groups -OCH3 is 1. The molecule has 1 saturated heterocycles. The summed E-state index contributed by atoms with van der Waals surface area (Å²) >= 11 is 0. The molecule has 6 atom stereocenters. The molecule has 1 aromatic carbocycles. The van der Waals surface area contributed by atoms with Gasteiger partial charge in [0.15, 0.2) is 11.5 Å². The maximum Gasteiger partial charge on any atom is 0.165 e. The Balaban J connectivity index is 1.82. The molecule has 2 bridgehead atoms. The van der Waals surface area contributed by atoms with Crippen LogP contribution in [0.4, 0.5) is 0 Å². The number of likely N-dealkylation sites (N-methyl/N-ethyl adjacent to an activating group) is 1. The molecule has 5 nitrogen and oxygen atoms in total. The fourth-order valence-electron chi connectivity index (χ4n) is 5.54. The van der Waals surface area contributed by atoms with Gasteiger partial charge in [-0.1, -0.05) is 18.2 Å². The molecule has 2 aliphatic carbocycles. The summed E-state index contributed by atoms with van der Waals surface area (Å²) in [5, 5.41) is 23.6. The molecule has 0 aromatic heterocycles. The first kappa shape index (κ1) is 13.8. The monoisotopic (exact) mass is 315 g/mol. The highest BCUT2D eigenvalue weighted by Gasteiger charge is 2.66. The van der Waals surface area contributed by atoms with Gasteiger partial charge in [0.05, 0.1) is 32.2 Å². The predicted molar refractivity (Wildman–Crippen MR) is 84.3 cm³/mol. The lowest BCUT2D eigenvalue weighted by atomic mass is 9.53. The molecule has 5 rings (SSSR count). The smallest absolute Gasteiger partial charge is 0.165 e. The van der Waals surface area contributed by atoms with Crippen LogP contribution >= 0.6 is 0 Å². The first-order valence-electron chi connectivity index (χ1n) is 8.28. The molecule has 0 amide bonds. The van der Waals surface area contributed by atoms with Gasteiger partial charge in [0.2, 0.25) is 0 Å². The van der Waals surface area contributed by atoms with E-state index >= 15 is 0 Å². The van der Waals surface area contributed by atoms with Crippen molar-refractivity contribution in [3.8, 4) is 11.5 Å². The van der Waals surface area contributed by atoms with Crippen molar-refractivity contribution < 1.29 is 19.2 Å². The molecule has 0 saturated carbocycles. The number of aliphatic hydroxyl groups excluding tert-OH is 1. The number of benzene rings is 1. The molecular weight excluding hydrogens is 294 g/mol. The average molecular weight is 315 g/mol. The van der Waals surface area contributed by atoms with Crippen LogP contribution in [0.3, 0.4) is 0 Å². The number of rotatable bonds is 1. The predicted octanol–water partition coefficient (Wildman–Crippen LogP) is 1.51. The standard InChI is InChI=1S/C18H21NO4/c1-19(21)8-7-18-11-4-5-13(20)17(18)23-16-14(22-2)6-3-10(15(16)18)9-12(11)19/h3-6,11-13,17,20H,7-9H2,1-2H3/t11-,12+,13-,17-,18-,19-/m0/s1. The maximum atomic E-state index is 13.0. The van der Waals surface area contributed by atoms with Gasteiger partial charge in [-0.25, -0.2) is 0 Å². The van der Waals surface area contributed by atoms with Crippen molar-refractivity contribution in [3.63, 3.8) is 0 Å². The van der Waals surface area contributed by atoms with E-state index in [4.69, 9.17) is 9.47 Å². The van der Waals surface area contributed by atoms with E-state index in [1.165, 1.54) is 11.1 Å². The molecule has 0 unspecified atom stereocenters. The molecule has 1 fully saturated rings. The van der Waals surface area contributed by atoms with Crippen LogP contribution in [0.2, 0.25) is 0 Å². The minimum absolute atomic E-state index is 0.00885. The van der Waals surface area contributed by atoms with Crippen LogP contribution in [0.15, 0.2) is 24.3 Å². The van der Waals surface area contributed by atoms with Gasteiger partial charge in [-0.05, 0) is 11.6 Å². The summed E-state index contributed by atoms with van der Waals surface area (Å²) in [5.74, 6) is 1.62. The first-order valence-corrected chi connectivity index (χ1v) is 8.28. The summed E-state index contributed by atoms with van der Waals surface area (Å²) in [7, 11) is 3.43. The van der Waals surface area contributed by atoms with Crippen LogP contribution < -0.4 is 9.47 Å². The van der Waals surface area contributed by atoms with Crippen molar-refractivity contribution >= 4 is 0 Å². The van der Waals surface area contributed by atoms with Crippen molar-refractivity contribution in [1.82, 2.24) is 0 Å². The number of hydrogen-bond acceptors (Lipinski definition) is 4. The molecule has 5 heteroatoms. The van der Waals surface area contributed by atoms with Crippen LogP contribution in [0.1, 0.15) is 17.5 Å². The third-order valence-corrected chi connectivity index (χ3v) is 6.58. The number of quaternary nitrogens is 1. The lowest BCUT2D eigenvalue weighted by molar-refractivity contribution is -0.898. The summed E-state index contributed by atoms with van der Waals surface area (Å²) in [6.45, 7) is 0.567. The van der Waals surface area contributed by atoms with E-state index < -0.39 is 6.10 Å². The highest BCUT2D eigenvalue weighted by atomic mass is 16.5. The zero-order chi connectivity index (χ0) is 16.0. The highest BCUT2D eigenvalue weighted by Crippen LogP contribution is 2.63. The van der Waals surface area contributed by atoms with E-state index in [-0.39, 0.29) is 28.1 Å². The number of hydroxylamine groups is 3. The van der Waals surface area contributed by atoms with E-state index in [0.717, 1.165) is 24.3 Å². The summed E-state index contributed by atoms with van der Waals surface area (Å²) in [4.78, 5) is 0. The van der Waals surface area contributed by atoms with Gasteiger partial charge in [0.25, 0.3) is 0 Å². The third kappa shape index (κ3) is 1.44. The summed E-state index contributed by atoms with van der Waals surface area (Å²) < 4.78 is 11.5. The second-order valence-corrected chi connectivity index (χ2v) is 7.53. The Morgan fingerprint density at radius 2 is 2.22 bits per heavy atom. The number of likely N-dealkylation sites (tertiary alicyclic amines) is 1. The first-order chi connectivity index (χ1) is 11.0. The summed E-state index contributed by atoms with van der Waals surface area (Å²) in [5.41, 5.74) is 2.09. The number of nitrogens with zero attached hydrogens (tertiary/aromatic N) is 1. The van der Waals surface area contributed by atoms with Crippen LogP contribution in [0.25, 0.3) is 0 Å². The molecule has 0 radical (unpaired) electrons. The van der Waals surface area contributed by atoms with E-state index in [1.807, 2.05) is 12.1 Å². The lowest BCUT2D eigenvalue weighted by Gasteiger charge is -2.61. The number of piperidine rings is 1. The van der Waals surface area contributed by atoms with E-state index in [9.17, 15) is 10.3 Å². The minimum atomic E-state index is -0.640. The average Bonchev–Trinajstić information content (AvgIpc) is 2.88. The Hall–Kier alpha value is -1.56. The van der Waals surface area contributed by atoms with Crippen LogP contribution in [0.5, 0.6) is 11.5 Å². The van der Waals surface area contributed by atoms with Gasteiger partial charge in [-0.15, -0.1) is 0 Å².